The summed E-state index contributed by atoms with van der Waals surface area (Å²) in [7, 11) is -4.20. The molecule has 177 valence electrons. The Bertz CT molecular complexity index is 1130. The molecule has 1 aromatic heterocycles. The quantitative estimate of drug-likeness (QED) is 0.618. The van der Waals surface area contributed by atoms with Crippen LogP contribution in [0.15, 0.2) is 18.5 Å². The number of hydrogen-bond acceptors (Lipinski definition) is 6. The molecule has 2 N–H and O–H groups in total. The summed E-state index contributed by atoms with van der Waals surface area (Å²) in [6.07, 6.45) is 9.92. The third kappa shape index (κ3) is 5.11. The average molecular weight is 495 g/mol. The molecule has 0 bridgehead atoms. The minimum absolute atomic E-state index is 0. The van der Waals surface area contributed by atoms with Gasteiger partial charge in [-0.3, -0.25) is 0 Å². The fourth-order valence-electron chi connectivity index (χ4n) is 5.24. The Labute approximate surface area is 222 Å². The van der Waals surface area contributed by atoms with Crippen molar-refractivity contribution in [2.24, 2.45) is 0 Å². The number of carbonyl (C=O) groups excluding carboxylic acids is 1. The molecule has 2 aliphatic carbocycles. The van der Waals surface area contributed by atoms with Crippen LogP contribution in [0, 0.1) is 6.92 Å². The van der Waals surface area contributed by atoms with E-state index in [1.54, 1.807) is 6.92 Å². The number of hydrogen-bond donors (Lipinski definition) is 2. The second-order valence-corrected chi connectivity index (χ2v) is 10.5. The maximum atomic E-state index is 13.4. The molecule has 34 heavy (non-hydrogen) atoms. The van der Waals surface area contributed by atoms with Gasteiger partial charge in [-0.1, -0.05) is 6.07 Å². The first-order valence-electron chi connectivity index (χ1n) is 11.6. The van der Waals surface area contributed by atoms with Gasteiger partial charge < -0.3 is 10.1 Å². The Balaban J connectivity index is 0.00000274. The van der Waals surface area contributed by atoms with Crippen LogP contribution in [0.1, 0.15) is 53.8 Å². The van der Waals surface area contributed by atoms with Crippen LogP contribution in [0.25, 0.3) is 0 Å². The van der Waals surface area contributed by atoms with Crippen LogP contribution in [0.2, 0.25) is 0 Å². The van der Waals surface area contributed by atoms with Gasteiger partial charge in [-0.2, -0.15) is 8.42 Å². The molecule has 1 radical (unpaired) electrons. The number of aryl methyl sites for hydroxylation is 3. The number of ether oxygens (including phenoxy) is 1. The zero-order chi connectivity index (χ0) is 23.0. The molecule has 11 heteroatoms. The summed E-state index contributed by atoms with van der Waals surface area (Å²) in [5.41, 5.74) is 5.98. The van der Waals surface area contributed by atoms with Crippen LogP contribution in [0.5, 0.6) is 0 Å². The van der Waals surface area contributed by atoms with E-state index >= 15 is 0 Å². The van der Waals surface area contributed by atoms with Gasteiger partial charge >= 0.3 is 16.2 Å². The fourth-order valence-corrected chi connectivity index (χ4v) is 6.60. The first kappa shape index (κ1) is 25.4. The van der Waals surface area contributed by atoms with Crippen molar-refractivity contribution in [2.45, 2.75) is 64.3 Å². The minimum Gasteiger partial charge on any atom is -0.381 e. The van der Waals surface area contributed by atoms with Gasteiger partial charge in [0.1, 0.15) is 5.82 Å². The summed E-state index contributed by atoms with van der Waals surface area (Å²) in [5.74, 6) is 0.542. The van der Waals surface area contributed by atoms with E-state index in [1.807, 2.05) is 0 Å². The number of aromatic nitrogens is 2. The smallest absolute Gasteiger partial charge is 0.334 e. The monoisotopic (exact) mass is 494 g/mol. The SMILES string of the molecule is Cc1ncc(N(C2CCOCC2)S(=O)(=O)NC(=O)Nc2c3c(cc4c2CCC4)CCC3)cn1.[Na]. The first-order valence-corrected chi connectivity index (χ1v) is 13.0. The predicted octanol–water partition coefficient (Wildman–Crippen LogP) is 2.43. The summed E-state index contributed by atoms with van der Waals surface area (Å²) in [6.45, 7) is 2.65. The zero-order valence-corrected chi connectivity index (χ0v) is 22.6. The third-order valence-corrected chi connectivity index (χ3v) is 8.21. The van der Waals surface area contributed by atoms with Gasteiger partial charge in [-0.15, -0.1) is 0 Å². The Kier molecular flexibility index (Phi) is 7.83. The minimum atomic E-state index is -4.20. The second kappa shape index (κ2) is 10.5. The van der Waals surface area contributed by atoms with Crippen molar-refractivity contribution in [3.05, 3.63) is 46.5 Å². The van der Waals surface area contributed by atoms with Crippen molar-refractivity contribution in [3.8, 4) is 0 Å². The number of carbonyl (C=O) groups is 1. The maximum absolute atomic E-state index is 13.4. The molecular weight excluding hydrogens is 465 g/mol. The molecule has 1 fully saturated rings. The molecule has 3 aliphatic rings. The van der Waals surface area contributed by atoms with E-state index in [0.29, 0.717) is 37.6 Å². The Morgan fingerprint density at radius 2 is 1.62 bits per heavy atom. The number of anilines is 2. The maximum Gasteiger partial charge on any atom is 0.334 e. The molecule has 2 aromatic rings. The Morgan fingerprint density at radius 3 is 2.21 bits per heavy atom. The average Bonchev–Trinajstić information content (AvgIpc) is 3.45. The molecule has 5 rings (SSSR count). The number of fused-ring (bicyclic) bond motifs is 2. The van der Waals surface area contributed by atoms with Gasteiger partial charge in [0, 0.05) is 48.5 Å². The predicted molar refractivity (Wildman–Crippen MR) is 130 cm³/mol. The topological polar surface area (TPSA) is 114 Å². The van der Waals surface area contributed by atoms with Gasteiger partial charge in [0.25, 0.3) is 0 Å². The van der Waals surface area contributed by atoms with Crippen LogP contribution in [-0.4, -0.2) is 73.2 Å². The number of amides is 2. The molecule has 0 spiro atoms. The van der Waals surface area contributed by atoms with E-state index in [-0.39, 0.29) is 35.6 Å². The number of nitrogens with zero attached hydrogens (tertiary/aromatic N) is 3. The summed E-state index contributed by atoms with van der Waals surface area (Å²) in [6, 6.07) is 1.18. The summed E-state index contributed by atoms with van der Waals surface area (Å²) in [4.78, 5) is 21.3. The number of urea groups is 1. The van der Waals surface area contributed by atoms with Crippen LogP contribution < -0.4 is 14.3 Å². The number of nitrogens with one attached hydrogen (secondary N) is 2. The second-order valence-electron chi connectivity index (χ2n) is 8.92. The van der Waals surface area contributed by atoms with Gasteiger partial charge in [-0.05, 0) is 80.5 Å². The van der Waals surface area contributed by atoms with Crippen LogP contribution in [0.3, 0.4) is 0 Å². The zero-order valence-electron chi connectivity index (χ0n) is 19.8. The van der Waals surface area contributed by atoms with Crippen molar-refractivity contribution in [3.63, 3.8) is 0 Å². The molecule has 0 unspecified atom stereocenters. The van der Waals surface area contributed by atoms with Gasteiger partial charge in [0.15, 0.2) is 0 Å². The molecular formula is C23H29N5NaO4S. The third-order valence-electron chi connectivity index (χ3n) is 6.74. The summed E-state index contributed by atoms with van der Waals surface area (Å²) >= 11 is 0. The van der Waals surface area contributed by atoms with Crippen molar-refractivity contribution >= 4 is 57.2 Å². The van der Waals surface area contributed by atoms with Crippen LogP contribution in [-0.2, 0) is 40.6 Å². The van der Waals surface area contributed by atoms with Gasteiger partial charge in [-0.25, -0.2) is 23.8 Å². The summed E-state index contributed by atoms with van der Waals surface area (Å²) < 4.78 is 35.8. The molecule has 0 saturated carbocycles. The van der Waals surface area contributed by atoms with Crippen LogP contribution in [0.4, 0.5) is 16.2 Å². The molecule has 1 aromatic carbocycles. The van der Waals surface area contributed by atoms with Gasteiger partial charge in [0.05, 0.1) is 24.1 Å². The molecule has 9 nitrogen and oxygen atoms in total. The van der Waals surface area contributed by atoms with E-state index in [9.17, 15) is 13.2 Å². The van der Waals surface area contributed by atoms with E-state index in [1.165, 1.54) is 27.8 Å². The molecule has 2 amide bonds. The van der Waals surface area contributed by atoms with Crippen molar-refractivity contribution in [1.82, 2.24) is 14.7 Å². The van der Waals surface area contributed by atoms with E-state index < -0.39 is 16.2 Å². The van der Waals surface area contributed by atoms with E-state index in [4.69, 9.17) is 4.74 Å². The van der Waals surface area contributed by atoms with E-state index in [2.05, 4.69) is 26.1 Å². The Hall–Kier alpha value is -1.72. The summed E-state index contributed by atoms with van der Waals surface area (Å²) in [5, 5.41) is 2.91. The van der Waals surface area contributed by atoms with Crippen molar-refractivity contribution < 1.29 is 17.9 Å². The fraction of sp³-hybridized carbons (Fsp3) is 0.522. The first-order chi connectivity index (χ1) is 15.9. The van der Waals surface area contributed by atoms with Crippen molar-refractivity contribution in [1.29, 1.82) is 0 Å². The molecule has 1 aliphatic heterocycles. The molecule has 0 atom stereocenters. The molecule has 1 saturated heterocycles. The van der Waals surface area contributed by atoms with Gasteiger partial charge in [0.2, 0.25) is 0 Å². The molecule has 2 heterocycles. The normalized spacial score (nSPS) is 17.4. The number of benzene rings is 1. The Morgan fingerprint density at radius 1 is 1.03 bits per heavy atom. The van der Waals surface area contributed by atoms with Crippen molar-refractivity contribution in [2.75, 3.05) is 22.8 Å². The largest absolute Gasteiger partial charge is 0.381 e. The van der Waals surface area contributed by atoms with E-state index in [0.717, 1.165) is 55.3 Å². The standard InChI is InChI=1S/C23H29N5O4S.Na/c1-15-24-13-19(14-25-15)28(18-8-10-32-11-9-18)33(30,31)27-23(29)26-22-20-6-2-4-16(20)12-17-5-3-7-21(17)22;/h12-14,18H,2-11H2,1H3,(H2,26,27,29);. The van der Waals surface area contributed by atoms with Crippen LogP contribution >= 0.6 is 0 Å². The number of rotatable bonds is 5.